The van der Waals surface area contributed by atoms with Crippen molar-refractivity contribution in [2.45, 2.75) is 9.92 Å². The summed E-state index contributed by atoms with van der Waals surface area (Å²) in [5.74, 6) is -1.71. The number of benzene rings is 1. The number of nitrogens with zero attached hydrogens (tertiary/aromatic N) is 1. The normalized spacial score (nSPS) is 10.4. The zero-order chi connectivity index (χ0) is 14.0. The van der Waals surface area contributed by atoms with Crippen molar-refractivity contribution < 1.29 is 14.3 Å². The first-order valence-corrected chi connectivity index (χ1v) is 6.82. The number of H-pyrrole nitrogens is 1. The van der Waals surface area contributed by atoms with E-state index in [9.17, 15) is 14.0 Å². The molecule has 0 aliphatic heterocycles. The summed E-state index contributed by atoms with van der Waals surface area (Å²) in [6.07, 6.45) is 1.21. The van der Waals surface area contributed by atoms with E-state index < -0.39 is 11.8 Å². The number of aromatic amines is 1. The van der Waals surface area contributed by atoms with E-state index in [-0.39, 0.29) is 16.0 Å². The van der Waals surface area contributed by atoms with E-state index in [1.807, 2.05) is 0 Å². The number of rotatable bonds is 3. The Labute approximate surface area is 124 Å². The first-order valence-electron chi connectivity index (χ1n) is 4.93. The van der Waals surface area contributed by atoms with Crippen molar-refractivity contribution >= 4 is 40.3 Å². The van der Waals surface area contributed by atoms with E-state index in [1.165, 1.54) is 18.5 Å². The lowest BCUT2D eigenvalue weighted by atomic mass is 10.2. The molecule has 0 aliphatic rings. The molecule has 8 heteroatoms. The van der Waals surface area contributed by atoms with Gasteiger partial charge in [0.05, 0.1) is 16.8 Å². The van der Waals surface area contributed by atoms with Gasteiger partial charge in [0.1, 0.15) is 14.4 Å². The summed E-state index contributed by atoms with van der Waals surface area (Å²) in [4.78, 5) is 28.7. The van der Waals surface area contributed by atoms with Gasteiger partial charge in [0, 0.05) is 0 Å². The lowest BCUT2D eigenvalue weighted by molar-refractivity contribution is 0.0696. The van der Waals surface area contributed by atoms with Crippen molar-refractivity contribution in [3.05, 3.63) is 49.8 Å². The van der Waals surface area contributed by atoms with Gasteiger partial charge in [-0.15, -0.1) is 0 Å². The van der Waals surface area contributed by atoms with Gasteiger partial charge in [-0.3, -0.25) is 4.79 Å². The maximum Gasteiger partial charge on any atom is 0.335 e. The van der Waals surface area contributed by atoms with Crippen LogP contribution in [0, 0.1) is 9.39 Å². The average molecular weight is 392 g/mol. The molecule has 19 heavy (non-hydrogen) atoms. The third-order valence-electron chi connectivity index (χ3n) is 2.15. The highest BCUT2D eigenvalue weighted by Gasteiger charge is 2.13. The van der Waals surface area contributed by atoms with Crippen LogP contribution in [0.3, 0.4) is 0 Å². The van der Waals surface area contributed by atoms with Crippen molar-refractivity contribution in [2.24, 2.45) is 0 Å². The predicted molar refractivity (Wildman–Crippen MR) is 75.1 cm³/mol. The Kier molecular flexibility index (Phi) is 4.20. The molecule has 0 fully saturated rings. The summed E-state index contributed by atoms with van der Waals surface area (Å²) < 4.78 is 13.9. The molecule has 5 nitrogen and oxygen atoms in total. The lowest BCUT2D eigenvalue weighted by Crippen LogP contribution is -2.11. The minimum Gasteiger partial charge on any atom is -0.478 e. The first-order chi connectivity index (χ1) is 8.99. The lowest BCUT2D eigenvalue weighted by Gasteiger charge is -2.04. The molecule has 0 radical (unpaired) electrons. The van der Waals surface area contributed by atoms with Gasteiger partial charge in [0.15, 0.2) is 0 Å². The first kappa shape index (κ1) is 14.0. The fraction of sp³-hybridized carbons (Fsp3) is 0. The zero-order valence-corrected chi connectivity index (χ0v) is 12.2. The van der Waals surface area contributed by atoms with Crippen molar-refractivity contribution in [2.75, 3.05) is 0 Å². The number of hydrogen-bond donors (Lipinski definition) is 2. The molecule has 1 aromatic heterocycles. The van der Waals surface area contributed by atoms with Crippen LogP contribution >= 0.6 is 34.4 Å². The SMILES string of the molecule is O=C(O)c1ccc(F)c(Sc2nc[nH]c(=O)c2I)c1. The third-order valence-corrected chi connectivity index (χ3v) is 4.55. The minimum atomic E-state index is -1.14. The van der Waals surface area contributed by atoms with E-state index in [4.69, 9.17) is 5.11 Å². The third kappa shape index (κ3) is 3.13. The highest BCUT2D eigenvalue weighted by atomic mass is 127. The molecule has 0 spiro atoms. The van der Waals surface area contributed by atoms with Crippen LogP contribution in [0.1, 0.15) is 10.4 Å². The molecule has 0 saturated heterocycles. The number of carboxylic acid groups (broad SMARTS) is 1. The summed E-state index contributed by atoms with van der Waals surface area (Å²) in [5.41, 5.74) is -0.350. The van der Waals surface area contributed by atoms with Crippen LogP contribution in [0.25, 0.3) is 0 Å². The van der Waals surface area contributed by atoms with E-state index >= 15 is 0 Å². The van der Waals surface area contributed by atoms with Crippen LogP contribution in [0.5, 0.6) is 0 Å². The van der Waals surface area contributed by atoms with E-state index in [2.05, 4.69) is 9.97 Å². The van der Waals surface area contributed by atoms with Gasteiger partial charge in [0.25, 0.3) is 5.56 Å². The highest BCUT2D eigenvalue weighted by Crippen LogP contribution is 2.30. The second-order valence-electron chi connectivity index (χ2n) is 3.40. The van der Waals surface area contributed by atoms with Gasteiger partial charge >= 0.3 is 5.97 Å². The van der Waals surface area contributed by atoms with Gasteiger partial charge in [0.2, 0.25) is 0 Å². The average Bonchev–Trinajstić information content (AvgIpc) is 2.37. The van der Waals surface area contributed by atoms with Crippen LogP contribution in [0.2, 0.25) is 0 Å². The summed E-state index contributed by atoms with van der Waals surface area (Å²) in [6.45, 7) is 0. The molecule has 98 valence electrons. The topological polar surface area (TPSA) is 83.0 Å². The summed E-state index contributed by atoms with van der Waals surface area (Å²) in [6, 6.07) is 3.46. The Morgan fingerprint density at radius 1 is 1.47 bits per heavy atom. The number of nitrogens with one attached hydrogen (secondary N) is 1. The molecule has 0 aliphatic carbocycles. The fourth-order valence-electron chi connectivity index (χ4n) is 1.26. The number of hydrogen-bond acceptors (Lipinski definition) is 4. The van der Waals surface area contributed by atoms with Gasteiger partial charge in [-0.05, 0) is 40.8 Å². The Hall–Kier alpha value is -1.42. The van der Waals surface area contributed by atoms with Crippen LogP contribution in [0.4, 0.5) is 4.39 Å². The highest BCUT2D eigenvalue weighted by molar-refractivity contribution is 14.1. The minimum absolute atomic E-state index is 0.0243. The second-order valence-corrected chi connectivity index (χ2v) is 5.51. The number of carboxylic acids is 1. The number of aromatic nitrogens is 2. The summed E-state index contributed by atoms with van der Waals surface area (Å²) in [5, 5.41) is 9.19. The molecule has 0 unspecified atom stereocenters. The van der Waals surface area contributed by atoms with Gasteiger partial charge in [-0.1, -0.05) is 11.8 Å². The Bertz CT molecular complexity index is 705. The van der Waals surface area contributed by atoms with Crippen molar-refractivity contribution in [1.29, 1.82) is 0 Å². The van der Waals surface area contributed by atoms with Gasteiger partial charge < -0.3 is 10.1 Å². The van der Waals surface area contributed by atoms with Crippen LogP contribution in [-0.2, 0) is 0 Å². The fourth-order valence-corrected chi connectivity index (χ4v) is 2.73. The van der Waals surface area contributed by atoms with Crippen LogP contribution in [-0.4, -0.2) is 21.0 Å². The number of aromatic carboxylic acids is 1. The van der Waals surface area contributed by atoms with Crippen molar-refractivity contribution in [1.82, 2.24) is 9.97 Å². The standard InChI is InChI=1S/C11H6FIN2O3S/c12-6-2-1-5(11(17)18)3-7(6)19-10-8(13)9(16)14-4-15-10/h1-4H,(H,17,18)(H,14,15,16). The molecule has 1 aromatic carbocycles. The Morgan fingerprint density at radius 3 is 2.89 bits per heavy atom. The molecule has 1 heterocycles. The largest absolute Gasteiger partial charge is 0.478 e. The van der Waals surface area contributed by atoms with E-state index in [0.717, 1.165) is 17.8 Å². The molecule has 2 rings (SSSR count). The van der Waals surface area contributed by atoms with Gasteiger partial charge in [-0.2, -0.15) is 0 Å². The molecular weight excluding hydrogens is 386 g/mol. The maximum absolute atomic E-state index is 13.6. The molecule has 0 saturated carbocycles. The molecular formula is C11H6FIN2O3S. The summed E-state index contributed by atoms with van der Waals surface area (Å²) >= 11 is 2.71. The molecule has 2 N–H and O–H groups in total. The Balaban J connectivity index is 2.43. The predicted octanol–water partition coefficient (Wildman–Crippen LogP) is 2.36. The van der Waals surface area contributed by atoms with Crippen LogP contribution in [0.15, 0.2) is 39.2 Å². The van der Waals surface area contributed by atoms with Gasteiger partial charge in [-0.25, -0.2) is 14.2 Å². The van der Waals surface area contributed by atoms with Crippen molar-refractivity contribution in [3.63, 3.8) is 0 Å². The molecule has 0 bridgehead atoms. The van der Waals surface area contributed by atoms with E-state index in [1.54, 1.807) is 22.6 Å². The summed E-state index contributed by atoms with van der Waals surface area (Å²) in [7, 11) is 0. The number of carbonyl (C=O) groups is 1. The quantitative estimate of drug-likeness (QED) is 0.619. The monoisotopic (exact) mass is 392 g/mol. The smallest absolute Gasteiger partial charge is 0.335 e. The maximum atomic E-state index is 13.6. The molecule has 2 aromatic rings. The van der Waals surface area contributed by atoms with Crippen molar-refractivity contribution in [3.8, 4) is 0 Å². The Morgan fingerprint density at radius 2 is 2.21 bits per heavy atom. The zero-order valence-electron chi connectivity index (χ0n) is 9.18. The second kappa shape index (κ2) is 5.70. The van der Waals surface area contributed by atoms with E-state index in [0.29, 0.717) is 8.60 Å². The molecule has 0 atom stereocenters. The number of halogens is 2. The molecule has 0 amide bonds. The van der Waals surface area contributed by atoms with Crippen LogP contribution < -0.4 is 5.56 Å².